The minimum Gasteiger partial charge on any atom is -0.496 e. The van der Waals surface area contributed by atoms with Crippen molar-refractivity contribution in [2.24, 2.45) is 0 Å². The summed E-state index contributed by atoms with van der Waals surface area (Å²) in [5, 5.41) is 7.88. The molecule has 8 nitrogen and oxygen atoms in total. The lowest BCUT2D eigenvalue weighted by atomic mass is 10.2. The van der Waals surface area contributed by atoms with E-state index in [0.29, 0.717) is 11.3 Å². The lowest BCUT2D eigenvalue weighted by Crippen LogP contribution is -2.37. The van der Waals surface area contributed by atoms with Gasteiger partial charge in [-0.1, -0.05) is 12.1 Å². The fourth-order valence-corrected chi connectivity index (χ4v) is 1.99. The molecule has 0 unspecified atom stereocenters. The molecule has 8 heteroatoms. The van der Waals surface area contributed by atoms with Crippen molar-refractivity contribution in [1.82, 2.24) is 16.0 Å². The first-order valence-corrected chi connectivity index (χ1v) is 8.37. The quantitative estimate of drug-likeness (QED) is 0.605. The van der Waals surface area contributed by atoms with Crippen LogP contribution in [-0.2, 0) is 9.53 Å². The van der Waals surface area contributed by atoms with E-state index in [1.807, 2.05) is 0 Å². The Balaban J connectivity index is 2.20. The number of nitrogens with one attached hydrogen (secondary N) is 3. The van der Waals surface area contributed by atoms with E-state index in [4.69, 9.17) is 9.47 Å². The highest BCUT2D eigenvalue weighted by atomic mass is 16.6. The molecule has 26 heavy (non-hydrogen) atoms. The Bertz CT molecular complexity index is 625. The number of amides is 3. The Morgan fingerprint density at radius 2 is 1.62 bits per heavy atom. The van der Waals surface area contributed by atoms with Gasteiger partial charge in [-0.3, -0.25) is 9.59 Å². The number of rotatable bonds is 8. The third kappa shape index (κ3) is 8.36. The lowest BCUT2D eigenvalue weighted by molar-refractivity contribution is -0.120. The zero-order chi connectivity index (χ0) is 19.6. The van der Waals surface area contributed by atoms with Crippen LogP contribution in [0.15, 0.2) is 24.3 Å². The zero-order valence-corrected chi connectivity index (χ0v) is 15.7. The molecule has 1 rings (SSSR count). The van der Waals surface area contributed by atoms with Crippen molar-refractivity contribution in [3.8, 4) is 5.75 Å². The molecule has 0 fully saturated rings. The highest BCUT2D eigenvalue weighted by Gasteiger charge is 2.16. The molecule has 1 aromatic rings. The summed E-state index contributed by atoms with van der Waals surface area (Å²) in [5.41, 5.74) is -0.144. The van der Waals surface area contributed by atoms with Crippen LogP contribution in [0.1, 0.15) is 37.6 Å². The smallest absolute Gasteiger partial charge is 0.407 e. The topological polar surface area (TPSA) is 106 Å². The van der Waals surface area contributed by atoms with Crippen LogP contribution in [0.2, 0.25) is 0 Å². The van der Waals surface area contributed by atoms with Crippen molar-refractivity contribution in [1.29, 1.82) is 0 Å². The second kappa shape index (κ2) is 10.3. The SMILES string of the molecule is COc1ccccc1C(=O)NCCNC(=O)CCNC(=O)OC(C)(C)C. The predicted octanol–water partition coefficient (Wildman–Crippen LogP) is 1.46. The number of hydrogen-bond donors (Lipinski definition) is 3. The minimum absolute atomic E-state index is 0.125. The minimum atomic E-state index is -0.577. The summed E-state index contributed by atoms with van der Waals surface area (Å²) >= 11 is 0. The van der Waals surface area contributed by atoms with Crippen molar-refractivity contribution in [2.75, 3.05) is 26.7 Å². The van der Waals surface area contributed by atoms with Gasteiger partial charge in [-0.15, -0.1) is 0 Å². The standard InChI is InChI=1S/C18H27N3O5/c1-18(2,3)26-17(24)21-10-9-15(22)19-11-12-20-16(23)13-7-5-6-8-14(13)25-4/h5-8H,9-12H2,1-4H3,(H,19,22)(H,20,23)(H,21,24). The number of ether oxygens (including phenoxy) is 2. The molecule has 0 saturated carbocycles. The van der Waals surface area contributed by atoms with Crippen LogP contribution in [0, 0.1) is 0 Å². The van der Waals surface area contributed by atoms with Crippen LogP contribution in [0.3, 0.4) is 0 Å². The van der Waals surface area contributed by atoms with E-state index < -0.39 is 11.7 Å². The number of carbonyl (C=O) groups excluding carboxylic acids is 3. The van der Waals surface area contributed by atoms with E-state index in [2.05, 4.69) is 16.0 Å². The maximum absolute atomic E-state index is 12.1. The van der Waals surface area contributed by atoms with Gasteiger partial charge in [0.15, 0.2) is 0 Å². The second-order valence-corrected chi connectivity index (χ2v) is 6.48. The Morgan fingerprint density at radius 1 is 0.962 bits per heavy atom. The van der Waals surface area contributed by atoms with E-state index >= 15 is 0 Å². The Morgan fingerprint density at radius 3 is 2.27 bits per heavy atom. The van der Waals surface area contributed by atoms with E-state index in [1.54, 1.807) is 45.0 Å². The van der Waals surface area contributed by atoms with E-state index in [9.17, 15) is 14.4 Å². The van der Waals surface area contributed by atoms with Crippen LogP contribution in [0.5, 0.6) is 5.75 Å². The second-order valence-electron chi connectivity index (χ2n) is 6.48. The molecule has 144 valence electrons. The average molecular weight is 365 g/mol. The summed E-state index contributed by atoms with van der Waals surface area (Å²) in [6.45, 7) is 6.03. The highest BCUT2D eigenvalue weighted by molar-refractivity contribution is 5.96. The van der Waals surface area contributed by atoms with E-state index in [0.717, 1.165) is 0 Å². The van der Waals surface area contributed by atoms with Crippen LogP contribution >= 0.6 is 0 Å². The van der Waals surface area contributed by atoms with Gasteiger partial charge in [0.2, 0.25) is 5.91 Å². The van der Waals surface area contributed by atoms with Crippen LogP contribution in [0.25, 0.3) is 0 Å². The van der Waals surface area contributed by atoms with Gasteiger partial charge in [0.1, 0.15) is 11.4 Å². The maximum Gasteiger partial charge on any atom is 0.407 e. The summed E-state index contributed by atoms with van der Waals surface area (Å²) in [6.07, 6.45) is -0.436. The highest BCUT2D eigenvalue weighted by Crippen LogP contribution is 2.16. The Labute approximate surface area is 153 Å². The molecule has 0 aliphatic heterocycles. The summed E-state index contributed by atoms with van der Waals surface area (Å²) < 4.78 is 10.2. The number of para-hydroxylation sites is 1. The number of alkyl carbamates (subject to hydrolysis) is 1. The molecule has 0 atom stereocenters. The van der Waals surface area contributed by atoms with Gasteiger partial charge in [0.05, 0.1) is 12.7 Å². The average Bonchev–Trinajstić information content (AvgIpc) is 2.56. The zero-order valence-electron chi connectivity index (χ0n) is 15.7. The van der Waals surface area contributed by atoms with Gasteiger partial charge in [-0.05, 0) is 32.9 Å². The molecule has 1 aromatic carbocycles. The molecule has 0 bridgehead atoms. The van der Waals surface area contributed by atoms with Crippen molar-refractivity contribution in [2.45, 2.75) is 32.8 Å². The third-order valence-electron chi connectivity index (χ3n) is 3.10. The lowest BCUT2D eigenvalue weighted by Gasteiger charge is -2.19. The first-order valence-electron chi connectivity index (χ1n) is 8.37. The van der Waals surface area contributed by atoms with Crippen molar-refractivity contribution < 1.29 is 23.9 Å². The van der Waals surface area contributed by atoms with Crippen molar-refractivity contribution in [3.05, 3.63) is 29.8 Å². The van der Waals surface area contributed by atoms with Crippen molar-refractivity contribution >= 4 is 17.9 Å². The predicted molar refractivity (Wildman–Crippen MR) is 97.2 cm³/mol. The van der Waals surface area contributed by atoms with E-state index in [1.165, 1.54) is 7.11 Å². The maximum atomic E-state index is 12.1. The fraction of sp³-hybridized carbons (Fsp3) is 0.500. The molecule has 0 aromatic heterocycles. The van der Waals surface area contributed by atoms with Gasteiger partial charge in [0.25, 0.3) is 5.91 Å². The van der Waals surface area contributed by atoms with Gasteiger partial charge in [-0.2, -0.15) is 0 Å². The summed E-state index contributed by atoms with van der Waals surface area (Å²) in [5.74, 6) is -0.0156. The Hall–Kier alpha value is -2.77. The van der Waals surface area contributed by atoms with Gasteiger partial charge in [0, 0.05) is 26.1 Å². The molecule has 0 saturated heterocycles. The third-order valence-corrected chi connectivity index (χ3v) is 3.10. The van der Waals surface area contributed by atoms with Crippen molar-refractivity contribution in [3.63, 3.8) is 0 Å². The molecule has 0 spiro atoms. The largest absolute Gasteiger partial charge is 0.496 e. The van der Waals surface area contributed by atoms with Crippen LogP contribution < -0.4 is 20.7 Å². The van der Waals surface area contributed by atoms with Crippen LogP contribution in [0.4, 0.5) is 4.79 Å². The van der Waals surface area contributed by atoms with Crippen LogP contribution in [-0.4, -0.2) is 50.3 Å². The van der Waals surface area contributed by atoms with Gasteiger partial charge < -0.3 is 25.4 Å². The normalized spacial score (nSPS) is 10.6. The molecule has 0 radical (unpaired) electrons. The first kappa shape index (κ1) is 21.3. The summed E-state index contributed by atoms with van der Waals surface area (Å²) in [6, 6.07) is 6.89. The number of carbonyl (C=O) groups is 3. The van der Waals surface area contributed by atoms with E-state index in [-0.39, 0.29) is 37.9 Å². The van der Waals surface area contributed by atoms with Gasteiger partial charge >= 0.3 is 6.09 Å². The molecule has 0 heterocycles. The summed E-state index contributed by atoms with van der Waals surface area (Å²) in [4.78, 5) is 35.2. The number of hydrogen-bond acceptors (Lipinski definition) is 5. The molecule has 3 N–H and O–H groups in total. The molecular formula is C18H27N3O5. The number of methoxy groups -OCH3 is 1. The monoisotopic (exact) mass is 365 g/mol. The molecule has 0 aliphatic rings. The molecule has 0 aliphatic carbocycles. The molecular weight excluding hydrogens is 338 g/mol. The number of benzene rings is 1. The summed E-state index contributed by atoms with van der Waals surface area (Å²) in [7, 11) is 1.50. The Kier molecular flexibility index (Phi) is 8.41. The molecule has 3 amide bonds. The fourth-order valence-electron chi connectivity index (χ4n) is 1.99. The first-order chi connectivity index (χ1) is 12.2. The van der Waals surface area contributed by atoms with Gasteiger partial charge in [-0.25, -0.2) is 4.79 Å².